The molecule has 5 rings (SSSR count). The highest BCUT2D eigenvalue weighted by atomic mass is 32.2. The molecule has 0 spiro atoms. The number of halogens is 1. The molecule has 0 saturated carbocycles. The number of fused-ring (bicyclic) bond motifs is 3. The van der Waals surface area contributed by atoms with Crippen LogP contribution in [-0.4, -0.2) is 12.4 Å². The van der Waals surface area contributed by atoms with Crippen molar-refractivity contribution in [2.75, 3.05) is 0 Å². The minimum absolute atomic E-state index is 0.180. The van der Waals surface area contributed by atoms with Crippen molar-refractivity contribution in [3.63, 3.8) is 0 Å². The van der Waals surface area contributed by atoms with Crippen LogP contribution >= 0.6 is 0 Å². The zero-order valence-corrected chi connectivity index (χ0v) is 17.2. The molecular formula is C24H18FNO3S. The van der Waals surface area contributed by atoms with Crippen LogP contribution in [0.1, 0.15) is 11.3 Å². The monoisotopic (exact) mass is 419 g/mol. The third-order valence-corrected chi connectivity index (χ3v) is 7.03. The summed E-state index contributed by atoms with van der Waals surface area (Å²) in [5.41, 5.74) is 2.42. The van der Waals surface area contributed by atoms with Crippen molar-refractivity contribution in [1.82, 2.24) is 3.97 Å². The molecule has 0 aliphatic carbocycles. The van der Waals surface area contributed by atoms with E-state index in [9.17, 15) is 12.8 Å². The van der Waals surface area contributed by atoms with Gasteiger partial charge in [-0.25, -0.2) is 16.8 Å². The highest BCUT2D eigenvalue weighted by Crippen LogP contribution is 2.42. The molecule has 0 bridgehead atoms. The minimum Gasteiger partial charge on any atom is -0.458 e. The number of nitrogens with zero attached hydrogens (tertiary/aromatic N) is 1. The Morgan fingerprint density at radius 3 is 2.37 bits per heavy atom. The van der Waals surface area contributed by atoms with Crippen molar-refractivity contribution >= 4 is 31.8 Å². The standard InChI is InChI=1S/C24H18FNO3S/c1-15-10-12-19(13-11-15)30(27,28)26-21-9-4-3-8-20(21)22-16(2)29-24(23(22)26)17-6-5-7-18(25)14-17/h3-14H,1-2H3. The summed E-state index contributed by atoms with van der Waals surface area (Å²) in [6.45, 7) is 3.70. The van der Waals surface area contributed by atoms with Crippen LogP contribution in [0.15, 0.2) is 82.1 Å². The highest BCUT2D eigenvalue weighted by Gasteiger charge is 2.29. The van der Waals surface area contributed by atoms with Gasteiger partial charge in [-0.3, -0.25) is 0 Å². The van der Waals surface area contributed by atoms with Crippen LogP contribution in [0.4, 0.5) is 4.39 Å². The van der Waals surface area contributed by atoms with Gasteiger partial charge in [-0.15, -0.1) is 0 Å². The second-order valence-electron chi connectivity index (χ2n) is 7.32. The normalized spacial score (nSPS) is 12.1. The predicted octanol–water partition coefficient (Wildman–Crippen LogP) is 6.05. The van der Waals surface area contributed by atoms with Gasteiger partial charge in [-0.1, -0.05) is 48.0 Å². The molecule has 0 unspecified atom stereocenters. The minimum atomic E-state index is -3.93. The van der Waals surface area contributed by atoms with Gasteiger partial charge in [-0.05, 0) is 44.2 Å². The molecule has 0 amide bonds. The van der Waals surface area contributed by atoms with E-state index in [0.29, 0.717) is 33.5 Å². The highest BCUT2D eigenvalue weighted by molar-refractivity contribution is 7.90. The maximum absolute atomic E-state index is 13.9. The molecule has 6 heteroatoms. The van der Waals surface area contributed by atoms with E-state index in [4.69, 9.17) is 4.42 Å². The molecule has 4 nitrogen and oxygen atoms in total. The van der Waals surface area contributed by atoms with Crippen LogP contribution in [0.25, 0.3) is 33.1 Å². The van der Waals surface area contributed by atoms with Crippen LogP contribution in [0.2, 0.25) is 0 Å². The van der Waals surface area contributed by atoms with Crippen LogP contribution < -0.4 is 0 Å². The third kappa shape index (κ3) is 2.68. The smallest absolute Gasteiger partial charge is 0.268 e. The van der Waals surface area contributed by atoms with Crippen LogP contribution in [0.5, 0.6) is 0 Å². The third-order valence-electron chi connectivity index (χ3n) is 5.30. The summed E-state index contributed by atoms with van der Waals surface area (Å²) < 4.78 is 48.7. The number of aryl methyl sites for hydroxylation is 2. The number of aromatic nitrogens is 1. The van der Waals surface area contributed by atoms with E-state index in [1.54, 1.807) is 55.5 Å². The lowest BCUT2D eigenvalue weighted by molar-refractivity contribution is 0.551. The van der Waals surface area contributed by atoms with E-state index in [-0.39, 0.29) is 4.90 Å². The van der Waals surface area contributed by atoms with Crippen molar-refractivity contribution in [2.24, 2.45) is 0 Å². The Bertz CT molecular complexity index is 1530. The van der Waals surface area contributed by atoms with Gasteiger partial charge in [0.15, 0.2) is 5.76 Å². The number of benzene rings is 3. The van der Waals surface area contributed by atoms with Gasteiger partial charge in [0, 0.05) is 10.9 Å². The number of rotatable bonds is 3. The lowest BCUT2D eigenvalue weighted by atomic mass is 10.1. The van der Waals surface area contributed by atoms with Gasteiger partial charge in [-0.2, -0.15) is 0 Å². The van der Waals surface area contributed by atoms with Gasteiger partial charge >= 0.3 is 0 Å². The van der Waals surface area contributed by atoms with E-state index in [2.05, 4.69) is 0 Å². The van der Waals surface area contributed by atoms with Gasteiger partial charge in [0.25, 0.3) is 10.0 Å². The summed E-state index contributed by atoms with van der Waals surface area (Å²) in [5.74, 6) is 0.492. The second kappa shape index (κ2) is 6.57. The number of furan rings is 1. The number of hydrogen-bond donors (Lipinski definition) is 0. The Hall–Kier alpha value is -3.38. The Morgan fingerprint density at radius 1 is 0.900 bits per heavy atom. The molecule has 0 radical (unpaired) electrons. The summed E-state index contributed by atoms with van der Waals surface area (Å²) in [5, 5.41) is 1.48. The van der Waals surface area contributed by atoms with E-state index >= 15 is 0 Å². The fraction of sp³-hybridized carbons (Fsp3) is 0.0833. The lowest BCUT2D eigenvalue weighted by Gasteiger charge is -2.10. The first-order valence-corrected chi connectivity index (χ1v) is 10.9. The number of hydrogen-bond acceptors (Lipinski definition) is 3. The van der Waals surface area contributed by atoms with Crippen molar-refractivity contribution in [1.29, 1.82) is 0 Å². The molecule has 0 fully saturated rings. The van der Waals surface area contributed by atoms with Crippen molar-refractivity contribution in [3.05, 3.63) is 89.9 Å². The fourth-order valence-corrected chi connectivity index (χ4v) is 5.44. The zero-order chi connectivity index (χ0) is 21.0. The lowest BCUT2D eigenvalue weighted by Crippen LogP contribution is -2.13. The first-order valence-electron chi connectivity index (χ1n) is 9.48. The van der Waals surface area contributed by atoms with E-state index in [0.717, 1.165) is 10.9 Å². The maximum Gasteiger partial charge on any atom is 0.268 e. The van der Waals surface area contributed by atoms with Gasteiger partial charge in [0.05, 0.1) is 15.8 Å². The molecule has 0 atom stereocenters. The molecule has 150 valence electrons. The summed E-state index contributed by atoms with van der Waals surface area (Å²) in [4.78, 5) is 0.180. The van der Waals surface area contributed by atoms with Crippen molar-refractivity contribution in [2.45, 2.75) is 18.7 Å². The van der Waals surface area contributed by atoms with Crippen LogP contribution in [0.3, 0.4) is 0 Å². The average molecular weight is 419 g/mol. The Morgan fingerprint density at radius 2 is 1.63 bits per heavy atom. The molecule has 30 heavy (non-hydrogen) atoms. The molecule has 0 aliphatic heterocycles. The quantitative estimate of drug-likeness (QED) is 0.358. The molecule has 2 heterocycles. The van der Waals surface area contributed by atoms with E-state index in [1.807, 2.05) is 19.1 Å². The molecule has 3 aromatic carbocycles. The second-order valence-corrected chi connectivity index (χ2v) is 9.11. The van der Waals surface area contributed by atoms with Crippen molar-refractivity contribution < 1.29 is 17.2 Å². The topological polar surface area (TPSA) is 52.2 Å². The van der Waals surface area contributed by atoms with Gasteiger partial charge < -0.3 is 4.42 Å². The van der Waals surface area contributed by atoms with E-state index in [1.165, 1.54) is 16.1 Å². The largest absolute Gasteiger partial charge is 0.458 e. The molecule has 5 aromatic rings. The maximum atomic E-state index is 13.9. The molecular weight excluding hydrogens is 401 g/mol. The summed E-state index contributed by atoms with van der Waals surface area (Å²) >= 11 is 0. The van der Waals surface area contributed by atoms with Crippen LogP contribution in [0, 0.1) is 19.7 Å². The summed E-state index contributed by atoms with van der Waals surface area (Å²) in [6, 6.07) is 20.0. The van der Waals surface area contributed by atoms with Gasteiger partial charge in [0.2, 0.25) is 0 Å². The Labute approximate surface area is 173 Å². The summed E-state index contributed by atoms with van der Waals surface area (Å²) in [7, 11) is -3.93. The average Bonchev–Trinajstić information content (AvgIpc) is 3.24. The fourth-order valence-electron chi connectivity index (χ4n) is 3.92. The predicted molar refractivity (Wildman–Crippen MR) is 116 cm³/mol. The Balaban J connectivity index is 1.94. The molecule has 0 N–H and O–H groups in total. The van der Waals surface area contributed by atoms with Crippen LogP contribution in [-0.2, 0) is 10.0 Å². The molecule has 2 aromatic heterocycles. The number of para-hydroxylation sites is 1. The molecule has 0 aliphatic rings. The van der Waals surface area contributed by atoms with E-state index < -0.39 is 15.8 Å². The zero-order valence-electron chi connectivity index (χ0n) is 16.4. The first kappa shape index (κ1) is 18.6. The summed E-state index contributed by atoms with van der Waals surface area (Å²) in [6.07, 6.45) is 0. The first-order chi connectivity index (χ1) is 14.4. The van der Waals surface area contributed by atoms with Crippen molar-refractivity contribution in [3.8, 4) is 11.3 Å². The SMILES string of the molecule is Cc1ccc(S(=O)(=O)n2c3ccccc3c3c(C)oc(-c4cccc(F)c4)c32)cc1. The molecule has 0 saturated heterocycles. The van der Waals surface area contributed by atoms with Gasteiger partial charge in [0.1, 0.15) is 17.1 Å². The Kier molecular flexibility index (Phi) is 4.08.